The number of hydrogen-bond donors (Lipinski definition) is 1. The first-order valence-electron chi connectivity index (χ1n) is 6.21. The molecule has 0 saturated carbocycles. The first-order chi connectivity index (χ1) is 7.81. The van der Waals surface area contributed by atoms with Crippen molar-refractivity contribution in [3.63, 3.8) is 0 Å². The second-order valence-corrected chi connectivity index (χ2v) is 4.57. The fourth-order valence-corrected chi connectivity index (χ4v) is 2.41. The van der Waals surface area contributed by atoms with Crippen LogP contribution in [0.3, 0.4) is 0 Å². The number of aryl methyl sites for hydroxylation is 1. The fourth-order valence-electron chi connectivity index (χ4n) is 2.41. The van der Waals surface area contributed by atoms with Gasteiger partial charge in [-0.1, -0.05) is 18.9 Å². The Kier molecular flexibility index (Phi) is 3.78. The van der Waals surface area contributed by atoms with Crippen molar-refractivity contribution >= 4 is 5.82 Å². The van der Waals surface area contributed by atoms with Crippen molar-refractivity contribution in [3.8, 4) is 0 Å². The Morgan fingerprint density at radius 1 is 1.38 bits per heavy atom. The van der Waals surface area contributed by atoms with Crippen molar-refractivity contribution in [2.45, 2.75) is 38.6 Å². The molecule has 1 aromatic rings. The zero-order chi connectivity index (χ0) is 11.4. The van der Waals surface area contributed by atoms with E-state index in [4.69, 9.17) is 5.73 Å². The molecule has 16 heavy (non-hydrogen) atoms. The standard InChI is InChI=1S/C13H21N3/c1-11-6-5-8-13(15-11)16-9-4-2-3-7-12(16)10-14/h5-6,8,12H,2-4,7,9-10,14H2,1H3. The maximum Gasteiger partial charge on any atom is 0.129 e. The summed E-state index contributed by atoms with van der Waals surface area (Å²) in [5, 5.41) is 0. The molecule has 1 saturated heterocycles. The van der Waals surface area contributed by atoms with Gasteiger partial charge in [-0.25, -0.2) is 4.98 Å². The molecular weight excluding hydrogens is 198 g/mol. The van der Waals surface area contributed by atoms with Crippen LogP contribution in [-0.2, 0) is 0 Å². The maximum atomic E-state index is 5.87. The molecule has 1 fully saturated rings. The highest BCUT2D eigenvalue weighted by molar-refractivity contribution is 5.40. The van der Waals surface area contributed by atoms with Gasteiger partial charge in [0.25, 0.3) is 0 Å². The molecule has 1 aromatic heterocycles. The molecule has 0 aliphatic carbocycles. The van der Waals surface area contributed by atoms with Gasteiger partial charge < -0.3 is 10.6 Å². The van der Waals surface area contributed by atoms with Crippen molar-refractivity contribution in [2.75, 3.05) is 18.0 Å². The first-order valence-corrected chi connectivity index (χ1v) is 6.21. The van der Waals surface area contributed by atoms with Crippen LogP contribution in [0.25, 0.3) is 0 Å². The summed E-state index contributed by atoms with van der Waals surface area (Å²) in [6, 6.07) is 6.69. The van der Waals surface area contributed by atoms with E-state index in [1.807, 2.05) is 13.0 Å². The van der Waals surface area contributed by atoms with E-state index in [2.05, 4.69) is 22.0 Å². The van der Waals surface area contributed by atoms with E-state index >= 15 is 0 Å². The Bertz CT molecular complexity index is 338. The lowest BCUT2D eigenvalue weighted by molar-refractivity contribution is 0.575. The molecule has 1 aliphatic rings. The largest absolute Gasteiger partial charge is 0.352 e. The van der Waals surface area contributed by atoms with Gasteiger partial charge >= 0.3 is 0 Å². The van der Waals surface area contributed by atoms with Crippen LogP contribution in [0.15, 0.2) is 18.2 Å². The zero-order valence-electron chi connectivity index (χ0n) is 10.0. The summed E-state index contributed by atoms with van der Waals surface area (Å²) < 4.78 is 0. The molecule has 3 heteroatoms. The minimum Gasteiger partial charge on any atom is -0.352 e. The third kappa shape index (κ3) is 2.53. The van der Waals surface area contributed by atoms with Crippen LogP contribution in [0.5, 0.6) is 0 Å². The molecule has 3 nitrogen and oxygen atoms in total. The van der Waals surface area contributed by atoms with Gasteiger partial charge in [0.1, 0.15) is 5.82 Å². The Hall–Kier alpha value is -1.09. The fraction of sp³-hybridized carbons (Fsp3) is 0.615. The number of hydrogen-bond acceptors (Lipinski definition) is 3. The van der Waals surface area contributed by atoms with Crippen molar-refractivity contribution in [3.05, 3.63) is 23.9 Å². The van der Waals surface area contributed by atoms with Gasteiger partial charge in [0, 0.05) is 24.8 Å². The molecule has 2 N–H and O–H groups in total. The summed E-state index contributed by atoms with van der Waals surface area (Å²) in [5.41, 5.74) is 6.95. The van der Waals surface area contributed by atoms with Crippen molar-refractivity contribution in [1.82, 2.24) is 4.98 Å². The minimum atomic E-state index is 0.469. The van der Waals surface area contributed by atoms with E-state index < -0.39 is 0 Å². The topological polar surface area (TPSA) is 42.1 Å². The molecule has 0 radical (unpaired) electrons. The van der Waals surface area contributed by atoms with Gasteiger partial charge in [-0.05, 0) is 31.9 Å². The van der Waals surface area contributed by atoms with Gasteiger partial charge in [-0.15, -0.1) is 0 Å². The summed E-state index contributed by atoms with van der Waals surface area (Å²) in [4.78, 5) is 7.00. The summed E-state index contributed by atoms with van der Waals surface area (Å²) in [5.74, 6) is 1.09. The number of anilines is 1. The highest BCUT2D eigenvalue weighted by Crippen LogP contribution is 2.22. The number of pyridine rings is 1. The predicted molar refractivity (Wildman–Crippen MR) is 67.6 cm³/mol. The van der Waals surface area contributed by atoms with Crippen LogP contribution in [0.4, 0.5) is 5.82 Å². The number of nitrogens with two attached hydrogens (primary N) is 1. The minimum absolute atomic E-state index is 0.469. The summed E-state index contributed by atoms with van der Waals surface area (Å²) in [6.45, 7) is 3.87. The second-order valence-electron chi connectivity index (χ2n) is 4.57. The predicted octanol–water partition coefficient (Wildman–Crippen LogP) is 2.10. The maximum absolute atomic E-state index is 5.87. The number of rotatable bonds is 2. The normalized spacial score (nSPS) is 21.9. The Labute approximate surface area is 97.7 Å². The van der Waals surface area contributed by atoms with Crippen LogP contribution in [-0.4, -0.2) is 24.1 Å². The van der Waals surface area contributed by atoms with Crippen LogP contribution < -0.4 is 10.6 Å². The van der Waals surface area contributed by atoms with Crippen molar-refractivity contribution < 1.29 is 0 Å². The Morgan fingerprint density at radius 3 is 3.00 bits per heavy atom. The molecule has 0 aromatic carbocycles. The van der Waals surface area contributed by atoms with Gasteiger partial charge in [-0.2, -0.15) is 0 Å². The smallest absolute Gasteiger partial charge is 0.129 e. The van der Waals surface area contributed by atoms with Crippen molar-refractivity contribution in [2.24, 2.45) is 5.73 Å². The van der Waals surface area contributed by atoms with E-state index in [9.17, 15) is 0 Å². The third-order valence-corrected chi connectivity index (χ3v) is 3.32. The molecular formula is C13H21N3. The number of nitrogens with zero attached hydrogens (tertiary/aromatic N) is 2. The van der Waals surface area contributed by atoms with E-state index in [1.165, 1.54) is 25.7 Å². The molecule has 88 valence electrons. The molecule has 2 rings (SSSR count). The average molecular weight is 219 g/mol. The van der Waals surface area contributed by atoms with Gasteiger partial charge in [0.2, 0.25) is 0 Å². The lowest BCUT2D eigenvalue weighted by Gasteiger charge is -2.30. The molecule has 0 amide bonds. The lowest BCUT2D eigenvalue weighted by Crippen LogP contribution is -2.40. The van der Waals surface area contributed by atoms with E-state index in [0.29, 0.717) is 6.04 Å². The Balaban J connectivity index is 2.21. The number of aromatic nitrogens is 1. The SMILES string of the molecule is Cc1cccc(N2CCCCCC2CN)n1. The second kappa shape index (κ2) is 5.30. The molecule has 1 atom stereocenters. The highest BCUT2D eigenvalue weighted by Gasteiger charge is 2.20. The Morgan fingerprint density at radius 2 is 2.25 bits per heavy atom. The zero-order valence-corrected chi connectivity index (χ0v) is 10.0. The highest BCUT2D eigenvalue weighted by atomic mass is 15.2. The van der Waals surface area contributed by atoms with Crippen LogP contribution in [0.1, 0.15) is 31.4 Å². The van der Waals surface area contributed by atoms with Gasteiger partial charge in [0.15, 0.2) is 0 Å². The molecule has 0 bridgehead atoms. The summed E-state index contributed by atoms with van der Waals surface area (Å²) in [7, 11) is 0. The third-order valence-electron chi connectivity index (χ3n) is 3.32. The summed E-state index contributed by atoms with van der Waals surface area (Å²) in [6.07, 6.45) is 5.07. The monoisotopic (exact) mass is 219 g/mol. The molecule has 2 heterocycles. The van der Waals surface area contributed by atoms with Crippen LogP contribution in [0, 0.1) is 6.92 Å². The van der Waals surface area contributed by atoms with Crippen LogP contribution >= 0.6 is 0 Å². The molecule has 1 unspecified atom stereocenters. The van der Waals surface area contributed by atoms with Crippen LogP contribution in [0.2, 0.25) is 0 Å². The van der Waals surface area contributed by atoms with E-state index in [1.54, 1.807) is 0 Å². The molecule has 1 aliphatic heterocycles. The average Bonchev–Trinajstić information content (AvgIpc) is 2.53. The molecule has 0 spiro atoms. The first kappa shape index (κ1) is 11.4. The summed E-state index contributed by atoms with van der Waals surface area (Å²) >= 11 is 0. The van der Waals surface area contributed by atoms with Gasteiger partial charge in [-0.3, -0.25) is 0 Å². The lowest BCUT2D eigenvalue weighted by atomic mass is 10.1. The van der Waals surface area contributed by atoms with E-state index in [-0.39, 0.29) is 0 Å². The quantitative estimate of drug-likeness (QED) is 0.828. The van der Waals surface area contributed by atoms with E-state index in [0.717, 1.165) is 24.6 Å². The van der Waals surface area contributed by atoms with Crippen molar-refractivity contribution in [1.29, 1.82) is 0 Å². The van der Waals surface area contributed by atoms with Gasteiger partial charge in [0.05, 0.1) is 0 Å².